The molecule has 37 heavy (non-hydrogen) atoms. The van der Waals surface area contributed by atoms with Crippen LogP contribution in [-0.4, -0.2) is 63.1 Å². The molecule has 0 bridgehead atoms. The molecule has 0 aliphatic carbocycles. The summed E-state index contributed by atoms with van der Waals surface area (Å²) in [6.07, 6.45) is 4.76. The number of nitrogens with one attached hydrogen (secondary N) is 1. The van der Waals surface area contributed by atoms with Gasteiger partial charge in [0, 0.05) is 50.3 Å². The fourth-order valence-electron chi connectivity index (χ4n) is 4.30. The van der Waals surface area contributed by atoms with E-state index in [9.17, 15) is 4.79 Å². The number of carbonyl (C=O) groups excluding carboxylic acids is 1. The lowest BCUT2D eigenvalue weighted by Crippen LogP contribution is -2.44. The van der Waals surface area contributed by atoms with Crippen LogP contribution in [0.15, 0.2) is 35.7 Å². The molecule has 2 aliphatic heterocycles. The predicted octanol–water partition coefficient (Wildman–Crippen LogP) is 4.83. The lowest BCUT2D eigenvalue weighted by atomic mass is 9.90. The zero-order chi connectivity index (χ0) is 26.6. The van der Waals surface area contributed by atoms with Crippen molar-refractivity contribution >= 4 is 17.8 Å². The maximum Gasteiger partial charge on any atom is 0.410 e. The van der Waals surface area contributed by atoms with Gasteiger partial charge in [-0.15, -0.1) is 0 Å². The summed E-state index contributed by atoms with van der Waals surface area (Å²) in [4.78, 5) is 32.9. The van der Waals surface area contributed by atoms with E-state index in [2.05, 4.69) is 39.3 Å². The van der Waals surface area contributed by atoms with E-state index in [1.807, 2.05) is 45.9 Å². The first-order valence-corrected chi connectivity index (χ1v) is 13.0. The van der Waals surface area contributed by atoms with E-state index in [4.69, 9.17) is 14.3 Å². The third-order valence-corrected chi connectivity index (χ3v) is 6.48. The van der Waals surface area contributed by atoms with Gasteiger partial charge in [0.1, 0.15) is 24.0 Å². The molecule has 1 saturated heterocycles. The van der Waals surface area contributed by atoms with Crippen molar-refractivity contribution in [2.75, 3.05) is 25.0 Å². The number of likely N-dealkylation sites (tertiary alicyclic amines) is 1. The van der Waals surface area contributed by atoms with E-state index in [-0.39, 0.29) is 24.2 Å². The Kier molecular flexibility index (Phi) is 8.14. The summed E-state index contributed by atoms with van der Waals surface area (Å²) in [6.45, 7) is 13.8. The number of hydrogen-bond donors (Lipinski definition) is 1. The molecular weight excluding hydrogens is 472 g/mol. The topological polar surface area (TPSA) is 111 Å². The normalized spacial score (nSPS) is 19.3. The van der Waals surface area contributed by atoms with Crippen molar-refractivity contribution < 1.29 is 19.1 Å². The number of oxime groups is 1. The molecule has 2 aliphatic rings. The first-order valence-electron chi connectivity index (χ1n) is 13.0. The van der Waals surface area contributed by atoms with Crippen LogP contribution in [0.25, 0.3) is 0 Å². The highest BCUT2D eigenvalue weighted by Gasteiger charge is 2.29. The maximum absolute atomic E-state index is 12.3. The van der Waals surface area contributed by atoms with Gasteiger partial charge in [0.05, 0.1) is 11.7 Å². The number of nitrogens with zero attached hydrogens (tertiary/aromatic N) is 5. The minimum Gasteiger partial charge on any atom is -0.474 e. The molecule has 0 radical (unpaired) electrons. The molecule has 2 aromatic heterocycles. The second-order valence-corrected chi connectivity index (χ2v) is 11.0. The number of carbonyl (C=O) groups is 1. The Hall–Kier alpha value is -3.43. The van der Waals surface area contributed by atoms with E-state index in [0.29, 0.717) is 37.4 Å². The van der Waals surface area contributed by atoms with Gasteiger partial charge >= 0.3 is 6.09 Å². The third-order valence-electron chi connectivity index (χ3n) is 6.48. The molecule has 200 valence electrons. The predicted molar refractivity (Wildman–Crippen MR) is 141 cm³/mol. The van der Waals surface area contributed by atoms with Crippen molar-refractivity contribution in [3.05, 3.63) is 41.9 Å². The number of rotatable bonds is 7. The van der Waals surface area contributed by atoms with Crippen LogP contribution in [0.4, 0.5) is 10.7 Å². The van der Waals surface area contributed by atoms with Crippen molar-refractivity contribution in [1.29, 1.82) is 0 Å². The summed E-state index contributed by atoms with van der Waals surface area (Å²) < 4.78 is 11.5. The largest absolute Gasteiger partial charge is 0.474 e. The van der Waals surface area contributed by atoms with Crippen LogP contribution in [0.1, 0.15) is 71.7 Å². The molecule has 4 heterocycles. The first-order chi connectivity index (χ1) is 17.6. The zero-order valence-corrected chi connectivity index (χ0v) is 22.6. The number of pyridine rings is 1. The summed E-state index contributed by atoms with van der Waals surface area (Å²) in [5.74, 6) is 1.74. The molecule has 1 unspecified atom stereocenters. The molecule has 4 rings (SSSR count). The van der Waals surface area contributed by atoms with Crippen LogP contribution in [0.3, 0.4) is 0 Å². The summed E-state index contributed by atoms with van der Waals surface area (Å²) >= 11 is 0. The molecule has 1 amide bonds. The standard InChI is InChI=1S/C27H38N6O4/c1-17(2)21-16-35-32-24(21)22-9-12-28-25(31-22)30-18(3)19-7-8-23(29-15-19)36-20-10-13-33(14-11-20)26(34)37-27(4,5)6/h7-9,12,15,17-18,20-21H,10-11,13-14,16H2,1-6H3,(H,28,30,31)/t18?,21-/m0/s1. The minimum atomic E-state index is -0.493. The van der Waals surface area contributed by atoms with Gasteiger partial charge in [-0.1, -0.05) is 25.1 Å². The Morgan fingerprint density at radius 1 is 1.14 bits per heavy atom. The smallest absolute Gasteiger partial charge is 0.410 e. The SMILES string of the molecule is CC(Nc1nccc(C2=NOC[C@H]2C(C)C)n1)c1ccc(OC2CCN(C(=O)OC(C)(C)C)CC2)nc1. The Labute approximate surface area is 218 Å². The highest BCUT2D eigenvalue weighted by Crippen LogP contribution is 2.25. The van der Waals surface area contributed by atoms with Gasteiger partial charge in [0.15, 0.2) is 0 Å². The van der Waals surface area contributed by atoms with Crippen LogP contribution in [0.5, 0.6) is 5.88 Å². The van der Waals surface area contributed by atoms with Crippen LogP contribution in [-0.2, 0) is 9.57 Å². The van der Waals surface area contributed by atoms with Gasteiger partial charge in [-0.05, 0) is 45.2 Å². The van der Waals surface area contributed by atoms with Crippen molar-refractivity contribution in [2.24, 2.45) is 17.0 Å². The van der Waals surface area contributed by atoms with E-state index in [1.165, 1.54) is 0 Å². The van der Waals surface area contributed by atoms with Crippen LogP contribution in [0, 0.1) is 11.8 Å². The van der Waals surface area contributed by atoms with E-state index >= 15 is 0 Å². The number of piperidine rings is 1. The zero-order valence-electron chi connectivity index (χ0n) is 22.6. The van der Waals surface area contributed by atoms with Crippen molar-refractivity contribution in [1.82, 2.24) is 19.9 Å². The molecule has 10 heteroatoms. The molecule has 1 N–H and O–H groups in total. The maximum atomic E-state index is 12.3. The molecule has 2 atom stereocenters. The molecule has 10 nitrogen and oxygen atoms in total. The van der Waals surface area contributed by atoms with Gasteiger partial charge in [0.25, 0.3) is 0 Å². The van der Waals surface area contributed by atoms with Crippen LogP contribution < -0.4 is 10.1 Å². The molecule has 0 saturated carbocycles. The monoisotopic (exact) mass is 510 g/mol. The Morgan fingerprint density at radius 3 is 2.54 bits per heavy atom. The van der Waals surface area contributed by atoms with Gasteiger partial charge in [-0.2, -0.15) is 0 Å². The van der Waals surface area contributed by atoms with Crippen molar-refractivity contribution in [3.8, 4) is 5.88 Å². The van der Waals surface area contributed by atoms with Crippen LogP contribution in [0.2, 0.25) is 0 Å². The average Bonchev–Trinajstić information content (AvgIpc) is 3.35. The number of amides is 1. The Bertz CT molecular complexity index is 1090. The Balaban J connectivity index is 1.29. The van der Waals surface area contributed by atoms with Gasteiger partial charge in [0.2, 0.25) is 11.8 Å². The number of ether oxygens (including phenoxy) is 2. The fourth-order valence-corrected chi connectivity index (χ4v) is 4.30. The van der Waals surface area contributed by atoms with Gasteiger partial charge < -0.3 is 24.5 Å². The lowest BCUT2D eigenvalue weighted by molar-refractivity contribution is 0.0123. The van der Waals surface area contributed by atoms with Crippen molar-refractivity contribution in [2.45, 2.75) is 72.1 Å². The second-order valence-electron chi connectivity index (χ2n) is 11.0. The van der Waals surface area contributed by atoms with E-state index in [0.717, 1.165) is 29.8 Å². The number of anilines is 1. The molecule has 1 fully saturated rings. The van der Waals surface area contributed by atoms with Gasteiger partial charge in [-0.3, -0.25) is 0 Å². The summed E-state index contributed by atoms with van der Waals surface area (Å²) in [7, 11) is 0. The van der Waals surface area contributed by atoms with E-state index < -0.39 is 5.60 Å². The van der Waals surface area contributed by atoms with Gasteiger partial charge in [-0.25, -0.2) is 19.7 Å². The highest BCUT2D eigenvalue weighted by atomic mass is 16.6. The second kappa shape index (κ2) is 11.3. The molecule has 0 aromatic carbocycles. The molecule has 0 spiro atoms. The lowest BCUT2D eigenvalue weighted by Gasteiger charge is -2.33. The molecular formula is C27H38N6O4. The molecule has 2 aromatic rings. The highest BCUT2D eigenvalue weighted by molar-refractivity contribution is 6.01. The summed E-state index contributed by atoms with van der Waals surface area (Å²) in [6, 6.07) is 5.67. The summed E-state index contributed by atoms with van der Waals surface area (Å²) in [5, 5.41) is 7.57. The fraction of sp³-hybridized carbons (Fsp3) is 0.593. The number of hydrogen-bond acceptors (Lipinski definition) is 9. The average molecular weight is 511 g/mol. The number of aromatic nitrogens is 3. The first kappa shape index (κ1) is 26.6. The summed E-state index contributed by atoms with van der Waals surface area (Å²) in [5.41, 5.74) is 2.14. The van der Waals surface area contributed by atoms with Crippen LogP contribution >= 0.6 is 0 Å². The Morgan fingerprint density at radius 2 is 1.89 bits per heavy atom. The quantitative estimate of drug-likeness (QED) is 0.564. The van der Waals surface area contributed by atoms with Crippen molar-refractivity contribution in [3.63, 3.8) is 0 Å². The van der Waals surface area contributed by atoms with E-state index in [1.54, 1.807) is 17.3 Å². The third kappa shape index (κ3) is 7.08. The minimum absolute atomic E-state index is 0.0147.